The van der Waals surface area contributed by atoms with Gasteiger partial charge < -0.3 is 9.47 Å². The Hall–Kier alpha value is -2.69. The van der Waals surface area contributed by atoms with Crippen molar-refractivity contribution in [3.63, 3.8) is 0 Å². The average Bonchev–Trinajstić information content (AvgIpc) is 3.11. The fourth-order valence-electron chi connectivity index (χ4n) is 3.55. The number of anilines is 1. The molecule has 1 aliphatic heterocycles. The lowest BCUT2D eigenvalue weighted by molar-refractivity contribution is 0.463. The molecule has 0 aliphatic carbocycles. The summed E-state index contributed by atoms with van der Waals surface area (Å²) >= 11 is 0. The number of piperidine rings is 1. The first-order valence-electron chi connectivity index (χ1n) is 8.71. The number of hydrogen-bond acceptors (Lipinski definition) is 3. The van der Waals surface area contributed by atoms with Crippen LogP contribution in [0, 0.1) is 5.82 Å². The molecule has 128 valence electrons. The largest absolute Gasteiger partial charge is 0.354 e. The van der Waals surface area contributed by atoms with Crippen LogP contribution in [-0.2, 0) is 6.54 Å². The molecule has 0 bridgehead atoms. The number of hydrogen-bond donors (Lipinski definition) is 0. The predicted molar refractivity (Wildman–Crippen MR) is 96.2 cm³/mol. The fraction of sp³-hybridized carbons (Fsp3) is 0.300. The molecule has 1 aliphatic rings. The van der Waals surface area contributed by atoms with E-state index in [0.29, 0.717) is 11.7 Å². The Morgan fingerprint density at radius 3 is 2.52 bits per heavy atom. The number of rotatable bonds is 4. The minimum atomic E-state index is -0.244. The fourth-order valence-corrected chi connectivity index (χ4v) is 3.55. The summed E-state index contributed by atoms with van der Waals surface area (Å²) in [5.41, 5.74) is 1.27. The van der Waals surface area contributed by atoms with Gasteiger partial charge in [-0.2, -0.15) is 0 Å². The second kappa shape index (κ2) is 7.05. The SMILES string of the molecule is Fc1cccnc1N1CCC(c2nccn2Cc2ccccc2)CC1. The second-order valence-electron chi connectivity index (χ2n) is 6.47. The van der Waals surface area contributed by atoms with Gasteiger partial charge in [-0.05, 0) is 30.5 Å². The standard InChI is InChI=1S/C20H21FN4/c21-18-7-4-10-22-20(18)24-12-8-17(9-13-24)19-23-11-14-25(19)15-16-5-2-1-3-6-16/h1-7,10-11,14,17H,8-9,12-13,15H2. The van der Waals surface area contributed by atoms with Crippen molar-refractivity contribution in [3.05, 3.63) is 78.3 Å². The van der Waals surface area contributed by atoms with Gasteiger partial charge in [-0.3, -0.25) is 0 Å². The van der Waals surface area contributed by atoms with Crippen LogP contribution in [0.5, 0.6) is 0 Å². The first-order valence-corrected chi connectivity index (χ1v) is 8.71. The molecule has 0 radical (unpaired) electrons. The molecule has 4 nitrogen and oxygen atoms in total. The van der Waals surface area contributed by atoms with Gasteiger partial charge in [-0.15, -0.1) is 0 Å². The predicted octanol–water partition coefficient (Wildman–Crippen LogP) is 3.85. The van der Waals surface area contributed by atoms with Gasteiger partial charge in [-0.25, -0.2) is 14.4 Å². The molecule has 0 saturated carbocycles. The van der Waals surface area contributed by atoms with Crippen molar-refractivity contribution in [2.45, 2.75) is 25.3 Å². The van der Waals surface area contributed by atoms with Crippen LogP contribution in [0.3, 0.4) is 0 Å². The van der Waals surface area contributed by atoms with Gasteiger partial charge in [0.25, 0.3) is 0 Å². The van der Waals surface area contributed by atoms with Crippen LogP contribution in [0.1, 0.15) is 30.1 Å². The van der Waals surface area contributed by atoms with Crippen LogP contribution in [0.15, 0.2) is 61.1 Å². The molecule has 3 aromatic rings. The highest BCUT2D eigenvalue weighted by Crippen LogP contribution is 2.30. The lowest BCUT2D eigenvalue weighted by atomic mass is 9.95. The summed E-state index contributed by atoms with van der Waals surface area (Å²) in [5.74, 6) is 1.76. The van der Waals surface area contributed by atoms with E-state index in [4.69, 9.17) is 0 Å². The van der Waals surface area contributed by atoms with Crippen molar-refractivity contribution < 1.29 is 4.39 Å². The van der Waals surface area contributed by atoms with Gasteiger partial charge in [0, 0.05) is 44.1 Å². The number of pyridine rings is 1. The molecule has 0 spiro atoms. The van der Waals surface area contributed by atoms with Gasteiger partial charge in [0.15, 0.2) is 11.6 Å². The summed E-state index contributed by atoms with van der Waals surface area (Å²) in [5, 5.41) is 0. The van der Waals surface area contributed by atoms with Crippen LogP contribution >= 0.6 is 0 Å². The molecule has 5 heteroatoms. The Morgan fingerprint density at radius 2 is 1.76 bits per heavy atom. The minimum Gasteiger partial charge on any atom is -0.354 e. The first-order chi connectivity index (χ1) is 12.3. The summed E-state index contributed by atoms with van der Waals surface area (Å²) in [6.07, 6.45) is 7.50. The first kappa shape index (κ1) is 15.8. The maximum Gasteiger partial charge on any atom is 0.165 e. The van der Waals surface area contributed by atoms with Crippen LogP contribution in [-0.4, -0.2) is 27.6 Å². The van der Waals surface area contributed by atoms with Crippen molar-refractivity contribution >= 4 is 5.82 Å². The van der Waals surface area contributed by atoms with Crippen molar-refractivity contribution in [3.8, 4) is 0 Å². The van der Waals surface area contributed by atoms with Crippen molar-refractivity contribution in [1.82, 2.24) is 14.5 Å². The average molecular weight is 336 g/mol. The van der Waals surface area contributed by atoms with Gasteiger partial charge in [0.1, 0.15) is 5.82 Å². The molecule has 0 atom stereocenters. The van der Waals surface area contributed by atoms with Crippen LogP contribution in [0.2, 0.25) is 0 Å². The van der Waals surface area contributed by atoms with Gasteiger partial charge in [-0.1, -0.05) is 30.3 Å². The zero-order valence-corrected chi connectivity index (χ0v) is 14.1. The van der Waals surface area contributed by atoms with E-state index >= 15 is 0 Å². The van der Waals surface area contributed by atoms with Crippen molar-refractivity contribution in [1.29, 1.82) is 0 Å². The minimum absolute atomic E-state index is 0.244. The van der Waals surface area contributed by atoms with E-state index in [-0.39, 0.29) is 5.82 Å². The monoisotopic (exact) mass is 336 g/mol. The number of nitrogens with zero attached hydrogens (tertiary/aromatic N) is 4. The molecule has 1 saturated heterocycles. The van der Waals surface area contributed by atoms with E-state index in [2.05, 4.69) is 38.8 Å². The summed E-state index contributed by atoms with van der Waals surface area (Å²) in [4.78, 5) is 10.8. The normalized spacial score (nSPS) is 15.5. The Balaban J connectivity index is 1.45. The van der Waals surface area contributed by atoms with Crippen LogP contribution < -0.4 is 4.90 Å². The maximum absolute atomic E-state index is 13.9. The highest BCUT2D eigenvalue weighted by atomic mass is 19.1. The zero-order chi connectivity index (χ0) is 17.1. The third-order valence-electron chi connectivity index (χ3n) is 4.84. The third-order valence-corrected chi connectivity index (χ3v) is 4.84. The molecule has 4 rings (SSSR count). The van der Waals surface area contributed by atoms with Gasteiger partial charge >= 0.3 is 0 Å². The molecule has 3 heterocycles. The van der Waals surface area contributed by atoms with Gasteiger partial charge in [0.2, 0.25) is 0 Å². The molecule has 0 unspecified atom stereocenters. The Morgan fingerprint density at radius 1 is 0.960 bits per heavy atom. The molecule has 25 heavy (non-hydrogen) atoms. The highest BCUT2D eigenvalue weighted by Gasteiger charge is 2.25. The zero-order valence-electron chi connectivity index (χ0n) is 14.1. The van der Waals surface area contributed by atoms with E-state index in [0.717, 1.165) is 38.3 Å². The number of imidazole rings is 1. The van der Waals surface area contributed by atoms with Crippen LogP contribution in [0.25, 0.3) is 0 Å². The van der Waals surface area contributed by atoms with E-state index in [9.17, 15) is 4.39 Å². The Kier molecular flexibility index (Phi) is 4.46. The van der Waals surface area contributed by atoms with Crippen molar-refractivity contribution in [2.75, 3.05) is 18.0 Å². The molecule has 2 aromatic heterocycles. The van der Waals surface area contributed by atoms with E-state index in [1.807, 2.05) is 23.4 Å². The molecular formula is C20H21FN4. The molecule has 0 amide bonds. The molecule has 1 fully saturated rings. The quantitative estimate of drug-likeness (QED) is 0.726. The Bertz CT molecular complexity index is 822. The molecule has 1 aromatic carbocycles. The third kappa shape index (κ3) is 3.40. The lowest BCUT2D eigenvalue weighted by Crippen LogP contribution is -2.34. The summed E-state index contributed by atoms with van der Waals surface area (Å²) in [6, 6.07) is 13.5. The lowest BCUT2D eigenvalue weighted by Gasteiger charge is -2.32. The van der Waals surface area contributed by atoms with E-state index in [1.165, 1.54) is 11.6 Å². The Labute approximate surface area is 147 Å². The molecule has 0 N–H and O–H groups in total. The summed E-state index contributed by atoms with van der Waals surface area (Å²) in [7, 11) is 0. The van der Waals surface area contributed by atoms with Crippen LogP contribution in [0.4, 0.5) is 10.2 Å². The van der Waals surface area contributed by atoms with Gasteiger partial charge in [0.05, 0.1) is 0 Å². The van der Waals surface area contributed by atoms with E-state index < -0.39 is 0 Å². The number of aromatic nitrogens is 3. The maximum atomic E-state index is 13.9. The van der Waals surface area contributed by atoms with E-state index in [1.54, 1.807) is 12.3 Å². The smallest absolute Gasteiger partial charge is 0.165 e. The summed E-state index contributed by atoms with van der Waals surface area (Å²) in [6.45, 7) is 2.44. The second-order valence-corrected chi connectivity index (χ2v) is 6.47. The number of benzene rings is 1. The van der Waals surface area contributed by atoms with Crippen molar-refractivity contribution in [2.24, 2.45) is 0 Å². The molecular weight excluding hydrogens is 315 g/mol. The highest BCUT2D eigenvalue weighted by molar-refractivity contribution is 5.40. The topological polar surface area (TPSA) is 34.0 Å². The summed E-state index contributed by atoms with van der Waals surface area (Å²) < 4.78 is 16.2. The number of halogens is 1.